The molecule has 0 bridgehead atoms. The predicted molar refractivity (Wildman–Crippen MR) is 58.4 cm³/mol. The molecule has 1 radical (unpaired) electrons. The third kappa shape index (κ3) is 6.39. The summed E-state index contributed by atoms with van der Waals surface area (Å²) in [6.45, 7) is 0. The van der Waals surface area contributed by atoms with Crippen LogP contribution < -0.4 is 0 Å². The minimum atomic E-state index is 1.10. The highest BCUT2D eigenvalue weighted by Gasteiger charge is 1.85. The summed E-state index contributed by atoms with van der Waals surface area (Å²) in [5.74, 6) is 0. The fourth-order valence-corrected chi connectivity index (χ4v) is 1.38. The molecule has 0 N–H and O–H groups in total. The van der Waals surface area contributed by atoms with Crippen LogP contribution in [0.3, 0.4) is 0 Å². The zero-order chi connectivity index (χ0) is 9.19. The molecule has 0 nitrogen and oxygen atoms in total. The van der Waals surface area contributed by atoms with E-state index in [1.54, 1.807) is 0 Å². The quantitative estimate of drug-likeness (QED) is 0.484. The average Bonchev–Trinajstić information content (AvgIpc) is 2.18. The van der Waals surface area contributed by atoms with Crippen molar-refractivity contribution in [3.05, 3.63) is 36.5 Å². The van der Waals surface area contributed by atoms with Gasteiger partial charge in [0.15, 0.2) is 0 Å². The first-order chi connectivity index (χ1) is 6.50. The number of rotatable bonds is 0. The van der Waals surface area contributed by atoms with Crippen LogP contribution in [-0.2, 0) is 0 Å². The molecular weight excluding hydrogens is 156 g/mol. The Hall–Kier alpha value is -0.780. The first-order valence-electron chi connectivity index (χ1n) is 5.35. The standard InChI is InChI=1S/C13H19/c1-2-4-6-8-10-12-13-11-9-7-5-3-1/h1-2,5,7-8H,3-4,6,9,11-13H2/b2-1+,7-5+,10-8?. The van der Waals surface area contributed by atoms with Gasteiger partial charge in [-0.3, -0.25) is 0 Å². The van der Waals surface area contributed by atoms with E-state index in [2.05, 4.69) is 36.5 Å². The summed E-state index contributed by atoms with van der Waals surface area (Å²) >= 11 is 0. The van der Waals surface area contributed by atoms with Crippen LogP contribution in [0.25, 0.3) is 0 Å². The lowest BCUT2D eigenvalue weighted by atomic mass is 10.1. The molecule has 0 saturated heterocycles. The molecule has 0 aromatic rings. The van der Waals surface area contributed by atoms with Gasteiger partial charge in [-0.15, -0.1) is 0 Å². The maximum absolute atomic E-state index is 3.34. The Bertz CT molecular complexity index is 184. The molecule has 0 saturated carbocycles. The third-order valence-electron chi connectivity index (χ3n) is 2.17. The Morgan fingerprint density at radius 2 is 1.62 bits per heavy atom. The van der Waals surface area contributed by atoms with Crippen LogP contribution in [0.2, 0.25) is 0 Å². The third-order valence-corrected chi connectivity index (χ3v) is 2.17. The molecule has 0 aromatic heterocycles. The highest BCUT2D eigenvalue weighted by atomic mass is 13.9. The summed E-state index contributed by atoms with van der Waals surface area (Å²) in [4.78, 5) is 0. The van der Waals surface area contributed by atoms with E-state index in [4.69, 9.17) is 0 Å². The van der Waals surface area contributed by atoms with E-state index in [1.165, 1.54) is 25.7 Å². The van der Waals surface area contributed by atoms with Crippen molar-refractivity contribution in [1.29, 1.82) is 0 Å². The van der Waals surface area contributed by atoms with Crippen molar-refractivity contribution in [3.63, 3.8) is 0 Å². The van der Waals surface area contributed by atoms with Crippen LogP contribution in [0.1, 0.15) is 44.9 Å². The zero-order valence-electron chi connectivity index (χ0n) is 8.34. The minimum absolute atomic E-state index is 1.10. The highest BCUT2D eigenvalue weighted by Crippen LogP contribution is 2.04. The second-order valence-electron chi connectivity index (χ2n) is 3.41. The second kappa shape index (κ2) is 7.85. The fraction of sp³-hybridized carbons (Fsp3) is 0.538. The Balaban J connectivity index is 2.28. The molecule has 0 spiro atoms. The monoisotopic (exact) mass is 175 g/mol. The number of allylic oxidation sites excluding steroid dienone is 6. The summed E-state index contributed by atoms with van der Waals surface area (Å²) in [5, 5.41) is 0. The average molecular weight is 175 g/mol. The first-order valence-corrected chi connectivity index (χ1v) is 5.35. The molecule has 1 aliphatic rings. The van der Waals surface area contributed by atoms with Gasteiger partial charge < -0.3 is 0 Å². The highest BCUT2D eigenvalue weighted by molar-refractivity contribution is 4.94. The SMILES string of the molecule is [C]1=C/CC/C=C/C/C=C/CCCC/1. The van der Waals surface area contributed by atoms with Crippen LogP contribution >= 0.6 is 0 Å². The van der Waals surface area contributed by atoms with Crippen LogP contribution in [0, 0.1) is 6.08 Å². The Morgan fingerprint density at radius 3 is 2.54 bits per heavy atom. The summed E-state index contributed by atoms with van der Waals surface area (Å²) in [6, 6.07) is 0. The summed E-state index contributed by atoms with van der Waals surface area (Å²) < 4.78 is 0. The normalized spacial score (nSPS) is 27.7. The van der Waals surface area contributed by atoms with Crippen molar-refractivity contribution in [2.45, 2.75) is 44.9 Å². The molecule has 71 valence electrons. The molecule has 0 amide bonds. The first kappa shape index (κ1) is 10.3. The second-order valence-corrected chi connectivity index (χ2v) is 3.41. The summed E-state index contributed by atoms with van der Waals surface area (Å²) in [6.07, 6.45) is 23.0. The molecule has 0 unspecified atom stereocenters. The van der Waals surface area contributed by atoms with Gasteiger partial charge in [-0.2, -0.15) is 0 Å². The Labute approximate surface area is 82.0 Å². The number of hydrogen-bond donors (Lipinski definition) is 0. The van der Waals surface area contributed by atoms with Gasteiger partial charge in [0, 0.05) is 0 Å². The van der Waals surface area contributed by atoms with E-state index >= 15 is 0 Å². The van der Waals surface area contributed by atoms with Crippen molar-refractivity contribution in [3.8, 4) is 0 Å². The van der Waals surface area contributed by atoms with Gasteiger partial charge in [0.25, 0.3) is 0 Å². The van der Waals surface area contributed by atoms with E-state index < -0.39 is 0 Å². The van der Waals surface area contributed by atoms with Gasteiger partial charge in [0.2, 0.25) is 0 Å². The van der Waals surface area contributed by atoms with Gasteiger partial charge in [-0.25, -0.2) is 0 Å². The predicted octanol–water partition coefficient (Wildman–Crippen LogP) is 4.20. The maximum Gasteiger partial charge on any atom is -0.0169 e. The molecule has 13 heavy (non-hydrogen) atoms. The van der Waals surface area contributed by atoms with E-state index in [9.17, 15) is 0 Å². The van der Waals surface area contributed by atoms with Crippen LogP contribution in [0.4, 0.5) is 0 Å². The lowest BCUT2D eigenvalue weighted by molar-refractivity contribution is 0.751. The minimum Gasteiger partial charge on any atom is -0.0882 e. The molecule has 1 aliphatic carbocycles. The van der Waals surface area contributed by atoms with Crippen LogP contribution in [0.15, 0.2) is 30.4 Å². The lowest BCUT2D eigenvalue weighted by Crippen LogP contribution is -1.72. The van der Waals surface area contributed by atoms with Gasteiger partial charge in [0.1, 0.15) is 0 Å². The van der Waals surface area contributed by atoms with Crippen molar-refractivity contribution in [2.75, 3.05) is 0 Å². The summed E-state index contributed by atoms with van der Waals surface area (Å²) in [5.41, 5.74) is 0. The van der Waals surface area contributed by atoms with Crippen LogP contribution in [0.5, 0.6) is 0 Å². The molecule has 0 aromatic carbocycles. The smallest absolute Gasteiger partial charge is 0.0169 e. The van der Waals surface area contributed by atoms with Gasteiger partial charge in [0.05, 0.1) is 0 Å². The Morgan fingerprint density at radius 1 is 0.769 bits per heavy atom. The van der Waals surface area contributed by atoms with E-state index in [0.29, 0.717) is 0 Å². The fourth-order valence-electron chi connectivity index (χ4n) is 1.38. The molecule has 0 fully saturated rings. The zero-order valence-corrected chi connectivity index (χ0v) is 8.34. The van der Waals surface area contributed by atoms with E-state index in [-0.39, 0.29) is 0 Å². The van der Waals surface area contributed by atoms with Crippen molar-refractivity contribution in [1.82, 2.24) is 0 Å². The van der Waals surface area contributed by atoms with Gasteiger partial charge in [-0.05, 0) is 51.0 Å². The lowest BCUT2D eigenvalue weighted by Gasteiger charge is -1.91. The van der Waals surface area contributed by atoms with Crippen LogP contribution in [-0.4, -0.2) is 0 Å². The molecular formula is C13H19. The van der Waals surface area contributed by atoms with Gasteiger partial charge >= 0.3 is 0 Å². The van der Waals surface area contributed by atoms with Crippen molar-refractivity contribution in [2.24, 2.45) is 0 Å². The molecule has 0 heteroatoms. The summed E-state index contributed by atoms with van der Waals surface area (Å²) in [7, 11) is 0. The van der Waals surface area contributed by atoms with Crippen molar-refractivity contribution >= 4 is 0 Å². The number of hydrogen-bond acceptors (Lipinski definition) is 0. The molecule has 1 rings (SSSR count). The van der Waals surface area contributed by atoms with E-state index in [0.717, 1.165) is 19.3 Å². The largest absolute Gasteiger partial charge is 0.0882 e. The molecule has 0 aliphatic heterocycles. The van der Waals surface area contributed by atoms with Gasteiger partial charge in [-0.1, -0.05) is 30.4 Å². The Kier molecular flexibility index (Phi) is 6.22. The van der Waals surface area contributed by atoms with E-state index in [1.807, 2.05) is 0 Å². The van der Waals surface area contributed by atoms with Crippen molar-refractivity contribution < 1.29 is 0 Å². The topological polar surface area (TPSA) is 0 Å². The maximum atomic E-state index is 3.34. The molecule has 0 atom stereocenters. The molecule has 0 heterocycles.